The lowest BCUT2D eigenvalue weighted by Crippen LogP contribution is -2.53. The summed E-state index contributed by atoms with van der Waals surface area (Å²) in [7, 11) is 3.48. The molecule has 1 aromatic carbocycles. The van der Waals surface area contributed by atoms with Crippen LogP contribution in [0.5, 0.6) is 0 Å². The van der Waals surface area contributed by atoms with E-state index in [1.54, 1.807) is 31.1 Å². The molecule has 0 bridgehead atoms. The van der Waals surface area contributed by atoms with E-state index in [-0.39, 0.29) is 35.5 Å². The summed E-state index contributed by atoms with van der Waals surface area (Å²) in [5, 5.41) is 0. The van der Waals surface area contributed by atoms with E-state index in [0.717, 1.165) is 13.0 Å². The number of carbonyl (C=O) groups is 3. The van der Waals surface area contributed by atoms with Crippen molar-refractivity contribution in [1.29, 1.82) is 0 Å². The second-order valence-electron chi connectivity index (χ2n) is 9.72. The fourth-order valence-electron chi connectivity index (χ4n) is 6.02. The Morgan fingerprint density at radius 2 is 1.78 bits per heavy atom. The molecule has 3 heterocycles. The molecule has 1 atom stereocenters. The van der Waals surface area contributed by atoms with E-state index < -0.39 is 5.41 Å². The van der Waals surface area contributed by atoms with E-state index in [0.29, 0.717) is 51.1 Å². The van der Waals surface area contributed by atoms with Crippen molar-refractivity contribution in [3.05, 3.63) is 35.6 Å². The van der Waals surface area contributed by atoms with Gasteiger partial charge in [0.15, 0.2) is 0 Å². The van der Waals surface area contributed by atoms with Crippen LogP contribution in [-0.4, -0.2) is 90.8 Å². The van der Waals surface area contributed by atoms with Gasteiger partial charge in [0.1, 0.15) is 5.82 Å². The Kier molecular flexibility index (Phi) is 5.90. The maximum Gasteiger partial charge on any atom is 0.319 e. The number of amides is 4. The van der Waals surface area contributed by atoms with Gasteiger partial charge in [0.25, 0.3) is 0 Å². The minimum Gasteiger partial charge on any atom is -0.342 e. The number of fused-ring (bicyclic) bond motifs is 1. The Hall–Kier alpha value is -2.64. The first-order valence-corrected chi connectivity index (χ1v) is 11.5. The van der Waals surface area contributed by atoms with Crippen molar-refractivity contribution < 1.29 is 18.8 Å². The molecule has 0 aromatic heterocycles. The smallest absolute Gasteiger partial charge is 0.319 e. The molecule has 0 radical (unpaired) electrons. The maximum absolute atomic E-state index is 13.5. The number of urea groups is 1. The van der Waals surface area contributed by atoms with Crippen LogP contribution in [0.15, 0.2) is 24.3 Å². The molecule has 4 rings (SSSR count). The molecule has 3 aliphatic heterocycles. The van der Waals surface area contributed by atoms with Crippen LogP contribution < -0.4 is 0 Å². The van der Waals surface area contributed by atoms with Gasteiger partial charge >= 0.3 is 6.03 Å². The van der Waals surface area contributed by atoms with Crippen LogP contribution in [0.3, 0.4) is 0 Å². The highest BCUT2D eigenvalue weighted by Gasteiger charge is 2.66. The van der Waals surface area contributed by atoms with Gasteiger partial charge in [0, 0.05) is 58.8 Å². The Morgan fingerprint density at radius 3 is 2.38 bits per heavy atom. The predicted molar refractivity (Wildman–Crippen MR) is 118 cm³/mol. The summed E-state index contributed by atoms with van der Waals surface area (Å²) in [5.74, 6) is -0.202. The third-order valence-corrected chi connectivity index (χ3v) is 7.83. The van der Waals surface area contributed by atoms with Crippen LogP contribution >= 0.6 is 0 Å². The number of hydrogen-bond donors (Lipinski definition) is 0. The van der Waals surface area contributed by atoms with Crippen molar-refractivity contribution in [3.8, 4) is 0 Å². The number of hydrogen-bond acceptors (Lipinski definition) is 3. The number of nitrogens with zero attached hydrogens (tertiary/aromatic N) is 4. The van der Waals surface area contributed by atoms with Gasteiger partial charge in [0.2, 0.25) is 11.8 Å². The molecule has 8 heteroatoms. The molecule has 4 amide bonds. The number of benzene rings is 1. The van der Waals surface area contributed by atoms with Crippen LogP contribution in [0.25, 0.3) is 0 Å². The zero-order valence-corrected chi connectivity index (χ0v) is 19.3. The minimum atomic E-state index is -0.563. The van der Waals surface area contributed by atoms with Gasteiger partial charge in [0.05, 0.1) is 11.8 Å². The van der Waals surface area contributed by atoms with Crippen LogP contribution in [0, 0.1) is 16.6 Å². The monoisotopic (exact) mass is 444 g/mol. The minimum absolute atomic E-state index is 0.0216. The average Bonchev–Trinajstić information content (AvgIpc) is 3.26. The molecule has 3 aliphatic rings. The Morgan fingerprint density at radius 1 is 1.06 bits per heavy atom. The first-order chi connectivity index (χ1) is 15.2. The highest BCUT2D eigenvalue weighted by atomic mass is 19.1. The van der Waals surface area contributed by atoms with Gasteiger partial charge < -0.3 is 19.6 Å². The molecule has 174 valence electrons. The Labute approximate surface area is 189 Å². The molecule has 0 saturated carbocycles. The lowest BCUT2D eigenvalue weighted by molar-refractivity contribution is -0.143. The fraction of sp³-hybridized carbons (Fsp3) is 0.625. The van der Waals surface area contributed by atoms with E-state index in [2.05, 4.69) is 0 Å². The molecule has 0 N–H and O–H groups in total. The standard InChI is InChI=1S/C24H33FN4O3/c1-4-27-13-10-24(21(27)31)17-29(22(32)26(2)3)16-23(24)8-11-28(12-9-23)20(30)15-18-6-5-7-19(25)14-18/h5-7,14H,4,8-13,15-17H2,1-3H3/t24-/m0/s1. The van der Waals surface area contributed by atoms with Crippen molar-refractivity contribution in [3.63, 3.8) is 0 Å². The third-order valence-electron chi connectivity index (χ3n) is 7.83. The quantitative estimate of drug-likeness (QED) is 0.718. The van der Waals surface area contributed by atoms with Crippen molar-refractivity contribution in [2.24, 2.45) is 10.8 Å². The summed E-state index contributed by atoms with van der Waals surface area (Å²) >= 11 is 0. The zero-order valence-electron chi connectivity index (χ0n) is 19.3. The summed E-state index contributed by atoms with van der Waals surface area (Å²) in [5.41, 5.74) is -0.207. The van der Waals surface area contributed by atoms with Crippen LogP contribution in [0.1, 0.15) is 31.7 Å². The predicted octanol–water partition coefficient (Wildman–Crippen LogP) is 2.21. The highest BCUT2D eigenvalue weighted by Crippen LogP contribution is 2.58. The van der Waals surface area contributed by atoms with Crippen LogP contribution in [0.2, 0.25) is 0 Å². The SMILES string of the molecule is CCN1CC[C@]2(CN(C(=O)N(C)C)CC23CCN(C(=O)Cc2cccc(F)c2)CC3)C1=O. The lowest BCUT2D eigenvalue weighted by atomic mass is 9.60. The van der Waals surface area contributed by atoms with E-state index in [4.69, 9.17) is 0 Å². The van der Waals surface area contributed by atoms with Crippen molar-refractivity contribution in [2.75, 3.05) is 53.4 Å². The maximum atomic E-state index is 13.5. The van der Waals surface area contributed by atoms with Crippen molar-refractivity contribution in [2.45, 2.75) is 32.6 Å². The number of halogens is 1. The fourth-order valence-corrected chi connectivity index (χ4v) is 6.02. The number of carbonyl (C=O) groups excluding carboxylic acids is 3. The largest absolute Gasteiger partial charge is 0.342 e. The van der Waals surface area contributed by atoms with E-state index >= 15 is 0 Å². The molecular formula is C24H33FN4O3. The first-order valence-electron chi connectivity index (χ1n) is 11.5. The number of rotatable bonds is 3. The van der Waals surface area contributed by atoms with E-state index in [9.17, 15) is 18.8 Å². The molecule has 7 nitrogen and oxygen atoms in total. The van der Waals surface area contributed by atoms with Crippen LogP contribution in [0.4, 0.5) is 9.18 Å². The zero-order chi connectivity index (χ0) is 23.1. The second kappa shape index (κ2) is 8.37. The summed E-state index contributed by atoms with van der Waals surface area (Å²) in [6, 6.07) is 6.09. The van der Waals surface area contributed by atoms with Gasteiger partial charge in [-0.1, -0.05) is 12.1 Å². The average molecular weight is 445 g/mol. The summed E-state index contributed by atoms with van der Waals surface area (Å²) in [4.78, 5) is 46.3. The van der Waals surface area contributed by atoms with E-state index in [1.165, 1.54) is 12.1 Å². The van der Waals surface area contributed by atoms with Crippen LogP contribution in [-0.2, 0) is 16.0 Å². The number of likely N-dealkylation sites (tertiary alicyclic amines) is 3. The second-order valence-corrected chi connectivity index (χ2v) is 9.72. The molecule has 3 saturated heterocycles. The number of piperidine rings is 1. The normalized spacial score (nSPS) is 24.6. The molecule has 0 aliphatic carbocycles. The lowest BCUT2D eigenvalue weighted by Gasteiger charge is -2.46. The van der Waals surface area contributed by atoms with Gasteiger partial charge in [-0.15, -0.1) is 0 Å². The summed E-state index contributed by atoms with van der Waals surface area (Å²) in [6.45, 7) is 5.52. The molecule has 2 spiro atoms. The Balaban J connectivity index is 1.52. The Bertz CT molecular complexity index is 912. The topological polar surface area (TPSA) is 64.2 Å². The molecule has 1 aromatic rings. The summed E-state index contributed by atoms with van der Waals surface area (Å²) in [6.07, 6.45) is 2.32. The highest BCUT2D eigenvalue weighted by molar-refractivity contribution is 5.88. The van der Waals surface area contributed by atoms with Gasteiger partial charge in [-0.25, -0.2) is 9.18 Å². The molecule has 32 heavy (non-hydrogen) atoms. The van der Waals surface area contributed by atoms with E-state index in [1.807, 2.05) is 21.6 Å². The van der Waals surface area contributed by atoms with Gasteiger partial charge in [-0.2, -0.15) is 0 Å². The van der Waals surface area contributed by atoms with Crippen molar-refractivity contribution >= 4 is 17.8 Å². The third kappa shape index (κ3) is 3.63. The first kappa shape index (κ1) is 22.6. The van der Waals surface area contributed by atoms with Gasteiger partial charge in [-0.05, 0) is 43.9 Å². The molecule has 3 fully saturated rings. The molecular weight excluding hydrogens is 411 g/mol. The summed E-state index contributed by atoms with van der Waals surface area (Å²) < 4.78 is 13.5. The van der Waals surface area contributed by atoms with Gasteiger partial charge in [-0.3, -0.25) is 9.59 Å². The van der Waals surface area contributed by atoms with Crippen molar-refractivity contribution in [1.82, 2.24) is 19.6 Å². The molecule has 0 unspecified atom stereocenters.